The molecule has 4 nitrogen and oxygen atoms in total. The average molecular weight is 262 g/mol. The van der Waals surface area contributed by atoms with Crippen molar-refractivity contribution in [3.8, 4) is 5.75 Å². The van der Waals surface area contributed by atoms with Crippen LogP contribution in [0.3, 0.4) is 0 Å². The summed E-state index contributed by atoms with van der Waals surface area (Å²) in [7, 11) is 0. The Morgan fingerprint density at radius 3 is 2.89 bits per heavy atom. The number of phenols is 1. The lowest BCUT2D eigenvalue weighted by Crippen LogP contribution is -2.41. The van der Waals surface area contributed by atoms with E-state index in [9.17, 15) is 9.90 Å². The molecule has 19 heavy (non-hydrogen) atoms. The maximum atomic E-state index is 12.1. The van der Waals surface area contributed by atoms with Crippen LogP contribution in [0.5, 0.6) is 5.75 Å². The van der Waals surface area contributed by atoms with Crippen molar-refractivity contribution in [3.63, 3.8) is 0 Å². The van der Waals surface area contributed by atoms with Gasteiger partial charge in [0.05, 0.1) is 0 Å². The number of hydrogen-bond donors (Lipinski definition) is 3. The van der Waals surface area contributed by atoms with Crippen molar-refractivity contribution in [2.75, 3.05) is 6.54 Å². The van der Waals surface area contributed by atoms with Gasteiger partial charge in [0.25, 0.3) is 5.91 Å². The fraction of sp³-hybridized carbons (Fsp3) is 0.533. The number of rotatable bonds is 3. The van der Waals surface area contributed by atoms with Crippen LogP contribution in [-0.4, -0.2) is 23.6 Å². The van der Waals surface area contributed by atoms with Crippen LogP contribution in [0.4, 0.5) is 0 Å². The zero-order valence-electron chi connectivity index (χ0n) is 11.4. The molecule has 4 heteroatoms. The van der Waals surface area contributed by atoms with Gasteiger partial charge in [0, 0.05) is 23.7 Å². The molecule has 1 amide bonds. The van der Waals surface area contributed by atoms with E-state index in [-0.39, 0.29) is 17.7 Å². The predicted octanol–water partition coefficient (Wildman–Crippen LogP) is 1.95. The molecular formula is C15H22N2O2. The minimum absolute atomic E-state index is 0.133. The van der Waals surface area contributed by atoms with E-state index in [2.05, 4.69) is 5.32 Å². The Morgan fingerprint density at radius 2 is 2.16 bits per heavy atom. The summed E-state index contributed by atoms with van der Waals surface area (Å²) in [5.41, 5.74) is 7.22. The number of nitrogens with one attached hydrogen (secondary N) is 1. The zero-order chi connectivity index (χ0) is 13.8. The first-order valence-corrected chi connectivity index (χ1v) is 6.92. The number of hydrogen-bond acceptors (Lipinski definition) is 3. The fourth-order valence-electron chi connectivity index (χ4n) is 2.68. The highest BCUT2D eigenvalue weighted by Gasteiger charge is 2.22. The predicted molar refractivity (Wildman–Crippen MR) is 75.1 cm³/mol. The van der Waals surface area contributed by atoms with Gasteiger partial charge in [0.15, 0.2) is 0 Å². The van der Waals surface area contributed by atoms with Crippen molar-refractivity contribution in [1.29, 1.82) is 0 Å². The zero-order valence-corrected chi connectivity index (χ0v) is 11.4. The van der Waals surface area contributed by atoms with Gasteiger partial charge in [-0.15, -0.1) is 0 Å². The molecule has 0 bridgehead atoms. The number of aromatic hydroxyl groups is 1. The molecule has 0 saturated heterocycles. The molecule has 0 aliphatic heterocycles. The highest BCUT2D eigenvalue weighted by molar-refractivity contribution is 5.96. The van der Waals surface area contributed by atoms with E-state index >= 15 is 0 Å². The van der Waals surface area contributed by atoms with Crippen LogP contribution in [0, 0.1) is 12.8 Å². The smallest absolute Gasteiger partial charge is 0.251 e. The molecule has 104 valence electrons. The van der Waals surface area contributed by atoms with E-state index in [1.54, 1.807) is 25.1 Å². The Hall–Kier alpha value is -1.55. The van der Waals surface area contributed by atoms with E-state index in [0.717, 1.165) is 12.8 Å². The Balaban J connectivity index is 1.95. The third-order valence-corrected chi connectivity index (χ3v) is 4.04. The molecule has 1 saturated carbocycles. The summed E-state index contributed by atoms with van der Waals surface area (Å²) in [4.78, 5) is 12.1. The molecule has 0 radical (unpaired) electrons. The molecule has 4 N–H and O–H groups in total. The summed E-state index contributed by atoms with van der Waals surface area (Å²) >= 11 is 0. The second-order valence-electron chi connectivity index (χ2n) is 5.37. The molecule has 1 aromatic rings. The Labute approximate surface area is 114 Å². The molecule has 0 aromatic heterocycles. The maximum Gasteiger partial charge on any atom is 0.251 e. The lowest BCUT2D eigenvalue weighted by molar-refractivity contribution is 0.0940. The van der Waals surface area contributed by atoms with E-state index in [1.807, 2.05) is 0 Å². The standard InChI is InChI=1S/C15H22N2O2/c1-10-12(6-4-8-14(10)18)15(19)17-9-11-5-2-3-7-13(11)16/h4,6,8,11,13,18H,2-3,5,7,9,16H2,1H3,(H,17,19). The summed E-state index contributed by atoms with van der Waals surface area (Å²) in [6, 6.07) is 5.19. The van der Waals surface area contributed by atoms with Gasteiger partial charge in [0.2, 0.25) is 0 Å². The van der Waals surface area contributed by atoms with Crippen molar-refractivity contribution >= 4 is 5.91 Å². The second-order valence-corrected chi connectivity index (χ2v) is 5.37. The summed E-state index contributed by atoms with van der Waals surface area (Å²) in [5, 5.41) is 12.5. The van der Waals surface area contributed by atoms with Crippen molar-refractivity contribution in [3.05, 3.63) is 29.3 Å². The van der Waals surface area contributed by atoms with E-state index < -0.39 is 0 Å². The molecule has 1 aliphatic carbocycles. The van der Waals surface area contributed by atoms with Crippen molar-refractivity contribution in [1.82, 2.24) is 5.32 Å². The van der Waals surface area contributed by atoms with Crippen LogP contribution in [0.15, 0.2) is 18.2 Å². The maximum absolute atomic E-state index is 12.1. The number of carbonyl (C=O) groups excluding carboxylic acids is 1. The Bertz CT molecular complexity index is 459. The number of carbonyl (C=O) groups is 1. The molecule has 1 aliphatic rings. The van der Waals surface area contributed by atoms with Crippen molar-refractivity contribution < 1.29 is 9.90 Å². The Kier molecular flexibility index (Phi) is 4.43. The molecule has 0 spiro atoms. The first-order valence-electron chi connectivity index (χ1n) is 6.92. The van der Waals surface area contributed by atoms with Crippen LogP contribution in [-0.2, 0) is 0 Å². The minimum atomic E-state index is -0.133. The molecule has 1 fully saturated rings. The summed E-state index contributed by atoms with van der Waals surface area (Å²) < 4.78 is 0. The van der Waals surface area contributed by atoms with Gasteiger partial charge in [-0.3, -0.25) is 4.79 Å². The van der Waals surface area contributed by atoms with Gasteiger partial charge < -0.3 is 16.2 Å². The van der Waals surface area contributed by atoms with Gasteiger partial charge in [-0.25, -0.2) is 0 Å². The normalized spacial score (nSPS) is 23.1. The van der Waals surface area contributed by atoms with Gasteiger partial charge in [-0.1, -0.05) is 18.9 Å². The first-order chi connectivity index (χ1) is 9.09. The topological polar surface area (TPSA) is 75.3 Å². The molecular weight excluding hydrogens is 240 g/mol. The molecule has 2 rings (SSSR count). The van der Waals surface area contributed by atoms with E-state index in [0.29, 0.717) is 23.6 Å². The van der Waals surface area contributed by atoms with Crippen LogP contribution in [0.25, 0.3) is 0 Å². The largest absolute Gasteiger partial charge is 0.508 e. The van der Waals surface area contributed by atoms with E-state index in [4.69, 9.17) is 5.73 Å². The van der Waals surface area contributed by atoms with Crippen molar-refractivity contribution in [2.24, 2.45) is 11.7 Å². The molecule has 0 heterocycles. The molecule has 2 unspecified atom stereocenters. The van der Waals surface area contributed by atoms with Crippen LogP contribution in [0.1, 0.15) is 41.6 Å². The van der Waals surface area contributed by atoms with Gasteiger partial charge in [-0.2, -0.15) is 0 Å². The number of nitrogens with two attached hydrogens (primary N) is 1. The number of benzene rings is 1. The van der Waals surface area contributed by atoms with Crippen LogP contribution in [0.2, 0.25) is 0 Å². The SMILES string of the molecule is Cc1c(O)cccc1C(=O)NCC1CCCCC1N. The summed E-state index contributed by atoms with van der Waals surface area (Å²) in [6.45, 7) is 2.37. The second kappa shape index (κ2) is 6.06. The van der Waals surface area contributed by atoms with Gasteiger partial charge in [0.1, 0.15) is 5.75 Å². The van der Waals surface area contributed by atoms with Crippen LogP contribution >= 0.6 is 0 Å². The Morgan fingerprint density at radius 1 is 1.42 bits per heavy atom. The minimum Gasteiger partial charge on any atom is -0.508 e. The van der Waals surface area contributed by atoms with E-state index in [1.165, 1.54) is 12.8 Å². The third kappa shape index (κ3) is 3.26. The number of amides is 1. The highest BCUT2D eigenvalue weighted by atomic mass is 16.3. The molecule has 2 atom stereocenters. The highest BCUT2D eigenvalue weighted by Crippen LogP contribution is 2.23. The van der Waals surface area contributed by atoms with Gasteiger partial charge >= 0.3 is 0 Å². The van der Waals surface area contributed by atoms with Gasteiger partial charge in [-0.05, 0) is 37.8 Å². The first kappa shape index (κ1) is 13.9. The fourth-order valence-corrected chi connectivity index (χ4v) is 2.68. The number of phenolic OH excluding ortho intramolecular Hbond substituents is 1. The summed E-state index contributed by atoms with van der Waals surface area (Å²) in [6.07, 6.45) is 4.52. The third-order valence-electron chi connectivity index (χ3n) is 4.04. The van der Waals surface area contributed by atoms with Crippen LogP contribution < -0.4 is 11.1 Å². The summed E-state index contributed by atoms with van der Waals surface area (Å²) in [5.74, 6) is 0.392. The lowest BCUT2D eigenvalue weighted by atomic mass is 9.85. The monoisotopic (exact) mass is 262 g/mol. The quantitative estimate of drug-likeness (QED) is 0.779. The van der Waals surface area contributed by atoms with Crippen molar-refractivity contribution in [2.45, 2.75) is 38.6 Å². The molecule has 1 aromatic carbocycles. The lowest BCUT2D eigenvalue weighted by Gasteiger charge is -2.28. The average Bonchev–Trinajstić information content (AvgIpc) is 2.40.